The molecule has 0 aliphatic heterocycles. The molecule has 1 heterocycles. The number of para-hydroxylation sites is 1. The van der Waals surface area contributed by atoms with Gasteiger partial charge in [-0.25, -0.2) is 0 Å². The average molecular weight is 394 g/mol. The van der Waals surface area contributed by atoms with Gasteiger partial charge in [-0.15, -0.1) is 0 Å². The van der Waals surface area contributed by atoms with Crippen LogP contribution >= 0.6 is 12.2 Å². The van der Waals surface area contributed by atoms with Gasteiger partial charge in [0.15, 0.2) is 5.11 Å². The van der Waals surface area contributed by atoms with Crippen molar-refractivity contribution in [1.29, 1.82) is 0 Å². The van der Waals surface area contributed by atoms with Gasteiger partial charge in [-0.3, -0.25) is 0 Å². The summed E-state index contributed by atoms with van der Waals surface area (Å²) in [6.07, 6.45) is 3.32. The number of fused-ring (bicyclic) bond motifs is 1. The van der Waals surface area contributed by atoms with Crippen molar-refractivity contribution >= 4 is 33.9 Å². The Labute approximate surface area is 174 Å². The number of aryl methyl sites for hydroxylation is 3. The summed E-state index contributed by atoms with van der Waals surface area (Å²) in [5.41, 5.74) is 6.16. The van der Waals surface area contributed by atoms with Crippen molar-refractivity contribution < 1.29 is 0 Å². The molecule has 148 valence electrons. The van der Waals surface area contributed by atoms with Crippen LogP contribution in [0.1, 0.15) is 43.9 Å². The van der Waals surface area contributed by atoms with Crippen LogP contribution in [0.5, 0.6) is 0 Å². The molecule has 1 N–H and O–H groups in total. The number of rotatable bonds is 6. The highest BCUT2D eigenvalue weighted by atomic mass is 32.1. The van der Waals surface area contributed by atoms with Crippen LogP contribution in [0.2, 0.25) is 0 Å². The maximum absolute atomic E-state index is 5.85. The maximum Gasteiger partial charge on any atom is 0.173 e. The first-order valence-corrected chi connectivity index (χ1v) is 10.6. The van der Waals surface area contributed by atoms with Crippen LogP contribution in [-0.2, 0) is 13.1 Å². The maximum atomic E-state index is 5.85. The number of aromatic nitrogens is 1. The van der Waals surface area contributed by atoms with Crippen LogP contribution in [0.3, 0.4) is 0 Å². The number of anilines is 1. The van der Waals surface area contributed by atoms with Gasteiger partial charge in [-0.05, 0) is 81.2 Å². The van der Waals surface area contributed by atoms with Gasteiger partial charge in [0.2, 0.25) is 0 Å². The zero-order valence-corrected chi connectivity index (χ0v) is 18.4. The quantitative estimate of drug-likeness (QED) is 0.498. The molecule has 1 unspecified atom stereocenters. The van der Waals surface area contributed by atoms with E-state index in [2.05, 4.69) is 98.1 Å². The minimum atomic E-state index is 0.356. The molecule has 3 aromatic rings. The lowest BCUT2D eigenvalue weighted by atomic mass is 10.1. The molecule has 0 amide bonds. The molecule has 0 saturated carbocycles. The van der Waals surface area contributed by atoms with Gasteiger partial charge in [0.25, 0.3) is 0 Å². The number of hydrogen-bond acceptors (Lipinski definition) is 1. The van der Waals surface area contributed by atoms with E-state index in [1.54, 1.807) is 0 Å². The molecule has 2 aromatic carbocycles. The monoisotopic (exact) mass is 393 g/mol. The number of hydrogen-bond donors (Lipinski definition) is 1. The minimum Gasteiger partial charge on any atom is -0.347 e. The summed E-state index contributed by atoms with van der Waals surface area (Å²) >= 11 is 5.85. The predicted octanol–water partition coefficient (Wildman–Crippen LogP) is 6.28. The third-order valence-electron chi connectivity index (χ3n) is 5.41. The molecule has 28 heavy (non-hydrogen) atoms. The second kappa shape index (κ2) is 8.78. The highest BCUT2D eigenvalue weighted by Crippen LogP contribution is 2.24. The number of nitrogens with zero attached hydrogens (tertiary/aromatic N) is 2. The van der Waals surface area contributed by atoms with Crippen LogP contribution in [-0.4, -0.2) is 20.6 Å². The van der Waals surface area contributed by atoms with E-state index in [9.17, 15) is 0 Å². The van der Waals surface area contributed by atoms with Gasteiger partial charge in [-0.2, -0.15) is 0 Å². The zero-order chi connectivity index (χ0) is 20.3. The highest BCUT2D eigenvalue weighted by molar-refractivity contribution is 7.80. The van der Waals surface area contributed by atoms with Crippen molar-refractivity contribution in [2.75, 3.05) is 5.32 Å². The second-order valence-corrected chi connectivity index (χ2v) is 8.04. The smallest absolute Gasteiger partial charge is 0.173 e. The molecular weight excluding hydrogens is 362 g/mol. The summed E-state index contributed by atoms with van der Waals surface area (Å²) in [4.78, 5) is 2.31. The molecule has 0 aliphatic carbocycles. The summed E-state index contributed by atoms with van der Waals surface area (Å²) in [5, 5.41) is 5.58. The Kier molecular flexibility index (Phi) is 6.40. The lowest BCUT2D eigenvalue weighted by molar-refractivity contribution is 0.320. The van der Waals surface area contributed by atoms with E-state index < -0.39 is 0 Å². The Morgan fingerprint density at radius 2 is 1.79 bits per heavy atom. The Morgan fingerprint density at radius 3 is 2.43 bits per heavy atom. The number of benzene rings is 2. The molecule has 0 bridgehead atoms. The zero-order valence-electron chi connectivity index (χ0n) is 17.6. The average Bonchev–Trinajstić information content (AvgIpc) is 3.02. The van der Waals surface area contributed by atoms with Crippen LogP contribution < -0.4 is 5.32 Å². The molecule has 4 heteroatoms. The molecule has 3 nitrogen and oxygen atoms in total. The lowest BCUT2D eigenvalue weighted by Gasteiger charge is -2.31. The van der Waals surface area contributed by atoms with Crippen molar-refractivity contribution in [2.45, 2.75) is 60.2 Å². The minimum absolute atomic E-state index is 0.356. The summed E-state index contributed by atoms with van der Waals surface area (Å²) in [7, 11) is 0. The van der Waals surface area contributed by atoms with E-state index in [1.807, 2.05) is 0 Å². The van der Waals surface area contributed by atoms with Crippen molar-refractivity contribution in [3.05, 3.63) is 65.4 Å². The van der Waals surface area contributed by atoms with Crippen molar-refractivity contribution in [2.24, 2.45) is 0 Å². The predicted molar refractivity (Wildman–Crippen MR) is 125 cm³/mol. The first-order chi connectivity index (χ1) is 13.4. The SMILES string of the molecule is CCC(C)N(Cc1cn(CC)c2ccccc12)C(=S)Nc1cc(C)cc(C)c1. The third kappa shape index (κ3) is 4.39. The molecule has 0 radical (unpaired) electrons. The number of nitrogens with one attached hydrogen (secondary N) is 1. The molecule has 1 aromatic heterocycles. The highest BCUT2D eigenvalue weighted by Gasteiger charge is 2.19. The standard InChI is InChI=1S/C24H31N3S/c1-6-19(5)27(24(28)25-21-13-17(3)12-18(4)14-21)16-20-15-26(7-2)23-11-9-8-10-22(20)23/h8-15,19H,6-7,16H2,1-5H3,(H,25,28). The Balaban J connectivity index is 1.89. The first kappa shape index (κ1) is 20.4. The van der Waals surface area contributed by atoms with Crippen molar-refractivity contribution in [3.63, 3.8) is 0 Å². The van der Waals surface area contributed by atoms with E-state index in [4.69, 9.17) is 12.2 Å². The fourth-order valence-corrected chi connectivity index (χ4v) is 4.15. The third-order valence-corrected chi connectivity index (χ3v) is 5.75. The second-order valence-electron chi connectivity index (χ2n) is 7.65. The van der Waals surface area contributed by atoms with Gasteiger partial charge in [0.05, 0.1) is 0 Å². The largest absolute Gasteiger partial charge is 0.347 e. The van der Waals surface area contributed by atoms with Gasteiger partial charge in [0.1, 0.15) is 0 Å². The topological polar surface area (TPSA) is 20.2 Å². The normalized spacial score (nSPS) is 12.2. The Bertz CT molecular complexity index is 953. The van der Waals surface area contributed by atoms with Crippen LogP contribution in [0, 0.1) is 13.8 Å². The molecule has 0 spiro atoms. The van der Waals surface area contributed by atoms with E-state index in [1.165, 1.54) is 27.6 Å². The first-order valence-electron chi connectivity index (χ1n) is 10.2. The summed E-state index contributed by atoms with van der Waals surface area (Å²) in [6, 6.07) is 15.5. The molecule has 3 rings (SSSR count). The van der Waals surface area contributed by atoms with Crippen LogP contribution in [0.4, 0.5) is 5.69 Å². The van der Waals surface area contributed by atoms with Gasteiger partial charge < -0.3 is 14.8 Å². The van der Waals surface area contributed by atoms with Crippen LogP contribution in [0.25, 0.3) is 10.9 Å². The van der Waals surface area contributed by atoms with Crippen molar-refractivity contribution in [1.82, 2.24) is 9.47 Å². The Hall–Kier alpha value is -2.33. The molecule has 0 saturated heterocycles. The van der Waals surface area contributed by atoms with E-state index >= 15 is 0 Å². The molecule has 0 aliphatic rings. The van der Waals surface area contributed by atoms with Gasteiger partial charge in [0, 0.05) is 41.9 Å². The van der Waals surface area contributed by atoms with E-state index in [-0.39, 0.29) is 0 Å². The van der Waals surface area contributed by atoms with Crippen LogP contribution in [0.15, 0.2) is 48.7 Å². The fourth-order valence-electron chi connectivity index (χ4n) is 3.78. The lowest BCUT2D eigenvalue weighted by Crippen LogP contribution is -2.40. The van der Waals surface area contributed by atoms with Crippen molar-refractivity contribution in [3.8, 4) is 0 Å². The van der Waals surface area contributed by atoms with E-state index in [0.717, 1.165) is 30.3 Å². The molecular formula is C24H31N3S. The van der Waals surface area contributed by atoms with E-state index in [0.29, 0.717) is 6.04 Å². The summed E-state index contributed by atoms with van der Waals surface area (Å²) in [6.45, 7) is 12.7. The molecule has 0 fully saturated rings. The fraction of sp³-hybridized carbons (Fsp3) is 0.375. The van der Waals surface area contributed by atoms with Gasteiger partial charge in [-0.1, -0.05) is 31.2 Å². The summed E-state index contributed by atoms with van der Waals surface area (Å²) in [5.74, 6) is 0. The van der Waals surface area contributed by atoms with Gasteiger partial charge >= 0.3 is 0 Å². The summed E-state index contributed by atoms with van der Waals surface area (Å²) < 4.78 is 2.32. The molecule has 1 atom stereocenters. The Morgan fingerprint density at radius 1 is 1.11 bits per heavy atom. The number of thiocarbonyl (C=S) groups is 1.